The lowest BCUT2D eigenvalue weighted by molar-refractivity contribution is -0.143. The average molecular weight is 929 g/mol. The molecule has 0 radical (unpaired) electrons. The summed E-state index contributed by atoms with van der Waals surface area (Å²) in [5.74, 6) is -0.701. The molecule has 0 bridgehead atoms. The van der Waals surface area contributed by atoms with Crippen molar-refractivity contribution in [2.24, 2.45) is 5.41 Å². The summed E-state index contributed by atoms with van der Waals surface area (Å²) in [6.45, 7) is 9.14. The van der Waals surface area contributed by atoms with E-state index in [1.165, 1.54) is 18.1 Å². The molecule has 5 heterocycles. The number of nitrogens with zero attached hydrogens (tertiary/aromatic N) is 8. The first kappa shape index (κ1) is 46.6. The van der Waals surface area contributed by atoms with Gasteiger partial charge in [-0.05, 0) is 60.9 Å². The van der Waals surface area contributed by atoms with E-state index < -0.39 is 53.8 Å². The number of amides is 4. The van der Waals surface area contributed by atoms with Gasteiger partial charge in [-0.3, -0.25) is 23.7 Å². The van der Waals surface area contributed by atoms with E-state index in [1.807, 2.05) is 35.8 Å². The number of benzene rings is 2. The largest absolute Gasteiger partial charge is 0.495 e. The number of rotatable bonds is 14. The number of imidazole rings is 1. The van der Waals surface area contributed by atoms with E-state index in [9.17, 15) is 29.5 Å². The highest BCUT2D eigenvalue weighted by Crippen LogP contribution is 2.45. The molecule has 18 nitrogen and oxygen atoms in total. The third kappa shape index (κ3) is 9.67. The van der Waals surface area contributed by atoms with Crippen LogP contribution in [0.1, 0.15) is 105 Å². The van der Waals surface area contributed by atoms with Gasteiger partial charge in [0.15, 0.2) is 11.5 Å². The standard InChI is InChI=1S/C48H56N12O6S/c1-7-35-40-34(20-49)53-25-59(40)37-22-52-47(57-43(37)60(35)31-10-8-9-11-31)55-33-17-16-30(18-38(33)66-6)44(63)51-23-39(62)56-42(48(3,4)5)46(65)58-24-32(61)19-36(58)45(64)50-21-28-12-14-29(15-13-28)41-27(2)54-26-67-41/h12-18,22,25-26,31-32,35-36,42,61H,7-11,19,21,23-24H2,1-6H3,(H,50,64)(H,51,63)(H,56,62)(H,52,55,57)/t32-,35-,36+,42?/m1/s1. The number of methoxy groups -OCH3 is 1. The van der Waals surface area contributed by atoms with Crippen LogP contribution in [0.25, 0.3) is 16.1 Å². The van der Waals surface area contributed by atoms with Crippen LogP contribution in [0.4, 0.5) is 17.5 Å². The molecule has 1 saturated heterocycles. The molecule has 3 aromatic heterocycles. The molecule has 5 N–H and O–H groups in total. The van der Waals surface area contributed by atoms with Crippen molar-refractivity contribution in [1.29, 1.82) is 5.26 Å². The van der Waals surface area contributed by atoms with Crippen molar-refractivity contribution >= 4 is 52.4 Å². The van der Waals surface area contributed by atoms with Crippen molar-refractivity contribution in [3.8, 4) is 27.9 Å². The van der Waals surface area contributed by atoms with Crippen LogP contribution in [0.2, 0.25) is 0 Å². The van der Waals surface area contributed by atoms with Crippen LogP contribution >= 0.6 is 11.3 Å². The van der Waals surface area contributed by atoms with Gasteiger partial charge in [-0.2, -0.15) is 10.2 Å². The average Bonchev–Trinajstić information content (AvgIpc) is 4.16. The van der Waals surface area contributed by atoms with Gasteiger partial charge in [0.1, 0.15) is 35.9 Å². The molecule has 4 amide bonds. The SMILES string of the molecule is CC[C@@H]1c2c(C#N)ncn2-c2cnc(Nc3ccc(C(=O)NCC(=O)NC(C(=O)N4C[C@H](O)C[C@H]4C(=O)NCc4ccc(-c5scnc5C)cc4)C(C)(C)C)cc3OC)nc2N1C1CCCC1. The maximum atomic E-state index is 14.2. The van der Waals surface area contributed by atoms with Gasteiger partial charge in [0.2, 0.25) is 23.7 Å². The van der Waals surface area contributed by atoms with Gasteiger partial charge in [-0.1, -0.05) is 64.8 Å². The summed E-state index contributed by atoms with van der Waals surface area (Å²) in [4.78, 5) is 77.6. The van der Waals surface area contributed by atoms with Crippen LogP contribution in [0.5, 0.6) is 5.75 Å². The molecule has 350 valence electrons. The molecule has 3 aliphatic rings. The van der Waals surface area contributed by atoms with Crippen LogP contribution < -0.4 is 30.9 Å². The van der Waals surface area contributed by atoms with Gasteiger partial charge in [-0.25, -0.2) is 15.0 Å². The van der Waals surface area contributed by atoms with Crippen molar-refractivity contribution in [2.75, 3.05) is 30.4 Å². The second-order valence-corrected chi connectivity index (χ2v) is 19.2. The van der Waals surface area contributed by atoms with Gasteiger partial charge < -0.3 is 40.9 Å². The molecule has 0 spiro atoms. The molecule has 1 saturated carbocycles. The summed E-state index contributed by atoms with van der Waals surface area (Å²) in [5, 5.41) is 32.1. The van der Waals surface area contributed by atoms with Crippen LogP contribution in [0, 0.1) is 23.7 Å². The molecule has 2 aromatic carbocycles. The minimum Gasteiger partial charge on any atom is -0.495 e. The lowest BCUT2D eigenvalue weighted by Gasteiger charge is -2.41. The Morgan fingerprint density at radius 1 is 1.04 bits per heavy atom. The molecule has 67 heavy (non-hydrogen) atoms. The van der Waals surface area contributed by atoms with E-state index in [1.54, 1.807) is 62.3 Å². The number of aliphatic hydroxyl groups excluding tert-OH is 1. The Morgan fingerprint density at radius 3 is 2.48 bits per heavy atom. The monoisotopic (exact) mass is 928 g/mol. The number of thiazole rings is 1. The first-order valence-electron chi connectivity index (χ1n) is 22.6. The molecule has 2 fully saturated rings. The Bertz CT molecular complexity index is 2700. The normalized spacial score (nSPS) is 18.4. The highest BCUT2D eigenvalue weighted by molar-refractivity contribution is 7.13. The van der Waals surface area contributed by atoms with Crippen LogP contribution in [-0.4, -0.2) is 103 Å². The zero-order valence-electron chi connectivity index (χ0n) is 38.5. The van der Waals surface area contributed by atoms with Gasteiger partial charge in [-0.15, -0.1) is 11.3 Å². The Hall–Kier alpha value is -6.91. The summed E-state index contributed by atoms with van der Waals surface area (Å²) in [6.07, 6.45) is 7.53. The predicted octanol–water partition coefficient (Wildman–Crippen LogP) is 5.47. The summed E-state index contributed by atoms with van der Waals surface area (Å²) in [6, 6.07) is 13.0. The Labute approximate surface area is 393 Å². The lowest BCUT2D eigenvalue weighted by Crippen LogP contribution is -2.58. The molecule has 19 heteroatoms. The van der Waals surface area contributed by atoms with Gasteiger partial charge in [0.25, 0.3) is 5.91 Å². The fourth-order valence-electron chi connectivity index (χ4n) is 9.33. The van der Waals surface area contributed by atoms with Crippen molar-refractivity contribution in [3.05, 3.63) is 88.7 Å². The molecule has 8 rings (SSSR count). The van der Waals surface area contributed by atoms with Crippen molar-refractivity contribution in [3.63, 3.8) is 0 Å². The molecule has 1 unspecified atom stereocenters. The number of ether oxygens (including phenoxy) is 1. The smallest absolute Gasteiger partial charge is 0.251 e. The number of aryl methyl sites for hydroxylation is 1. The highest BCUT2D eigenvalue weighted by Gasteiger charge is 2.45. The number of hydrogen-bond donors (Lipinski definition) is 5. The summed E-state index contributed by atoms with van der Waals surface area (Å²) in [7, 11) is 1.48. The van der Waals surface area contributed by atoms with E-state index >= 15 is 0 Å². The van der Waals surface area contributed by atoms with Gasteiger partial charge >= 0.3 is 0 Å². The fourth-order valence-corrected chi connectivity index (χ4v) is 10.1. The number of likely N-dealkylation sites (tertiary alicyclic amines) is 1. The number of aliphatic hydroxyl groups is 1. The second-order valence-electron chi connectivity index (χ2n) is 18.3. The van der Waals surface area contributed by atoms with E-state index in [2.05, 4.69) is 54.1 Å². The van der Waals surface area contributed by atoms with Gasteiger partial charge in [0.05, 0.1) is 59.5 Å². The fraction of sp³-hybridized carbons (Fsp3) is 0.438. The summed E-state index contributed by atoms with van der Waals surface area (Å²) in [5.41, 5.74) is 6.57. The van der Waals surface area contributed by atoms with Crippen molar-refractivity contribution in [1.82, 2.24) is 45.4 Å². The number of β-amino-alcohol motifs (C(OH)–C–C–N with tert-alkyl or cyclic N) is 1. The number of aromatic nitrogens is 5. The predicted molar refractivity (Wildman–Crippen MR) is 252 cm³/mol. The number of nitrogens with one attached hydrogen (secondary N) is 4. The van der Waals surface area contributed by atoms with Crippen LogP contribution in [-0.2, 0) is 20.9 Å². The van der Waals surface area contributed by atoms with E-state index in [4.69, 9.17) is 9.72 Å². The van der Waals surface area contributed by atoms with E-state index in [0.29, 0.717) is 23.1 Å². The maximum Gasteiger partial charge on any atom is 0.251 e. The zero-order valence-corrected chi connectivity index (χ0v) is 39.3. The van der Waals surface area contributed by atoms with E-state index in [-0.39, 0.29) is 37.2 Å². The minimum absolute atomic E-state index is 0.0521. The number of carbonyl (C=O) groups excluding carboxylic acids is 4. The molecule has 5 aromatic rings. The number of hydrogen-bond acceptors (Lipinski definition) is 14. The quantitative estimate of drug-likeness (QED) is 0.0931. The Balaban J connectivity index is 0.898. The number of fused-ring (bicyclic) bond motifs is 3. The maximum absolute atomic E-state index is 14.2. The second kappa shape index (κ2) is 19.5. The molecule has 1 aliphatic carbocycles. The first-order chi connectivity index (χ1) is 32.2. The molecular weight excluding hydrogens is 873 g/mol. The zero-order chi connectivity index (χ0) is 47.6. The Morgan fingerprint density at radius 2 is 1.81 bits per heavy atom. The van der Waals surface area contributed by atoms with Crippen LogP contribution in [0.15, 0.2) is 60.5 Å². The lowest BCUT2D eigenvalue weighted by atomic mass is 9.85. The van der Waals surface area contributed by atoms with Crippen molar-refractivity contribution < 1.29 is 29.0 Å². The third-order valence-electron chi connectivity index (χ3n) is 12.8. The molecule has 2 aliphatic heterocycles. The van der Waals surface area contributed by atoms with Crippen LogP contribution in [0.3, 0.4) is 0 Å². The van der Waals surface area contributed by atoms with Crippen molar-refractivity contribution in [2.45, 2.75) is 110 Å². The minimum atomic E-state index is -1.08. The summed E-state index contributed by atoms with van der Waals surface area (Å²) < 4.78 is 7.59. The number of nitriles is 1. The Kier molecular flexibility index (Phi) is 13.6. The number of carbonyl (C=O) groups is 4. The first-order valence-corrected chi connectivity index (χ1v) is 23.5. The summed E-state index contributed by atoms with van der Waals surface area (Å²) >= 11 is 1.56. The molecule has 4 atom stereocenters. The molecular formula is C48H56N12O6S. The highest BCUT2D eigenvalue weighted by atomic mass is 32.1. The number of anilines is 3. The van der Waals surface area contributed by atoms with E-state index in [0.717, 1.165) is 71.0 Å². The third-order valence-corrected chi connectivity index (χ3v) is 13.7. The van der Waals surface area contributed by atoms with Gasteiger partial charge in [0, 0.05) is 31.1 Å². The topological polar surface area (TPSA) is 233 Å².